The number of nitrogens with zero attached hydrogens (tertiary/aromatic N) is 4. The molecule has 154 valence electrons. The van der Waals surface area contributed by atoms with E-state index in [9.17, 15) is 9.59 Å². The van der Waals surface area contributed by atoms with Crippen LogP contribution < -0.4 is 16.6 Å². The standard InChI is InChI=1S/C22H19N7O2/c30-21-15-11-25-17-2-1-16(13-9-12-3-8-24-20(12)26-10-13)27-18(17)19(15)29(22(31)28-21)14-4-6-23-7-5-14/h1-3,8-11,14,23H,4-7H2,(H,24,26)(H,28,30,31). The molecule has 1 aliphatic rings. The number of H-pyrrole nitrogens is 2. The second-order valence-corrected chi connectivity index (χ2v) is 7.83. The number of piperidine rings is 1. The van der Waals surface area contributed by atoms with E-state index in [0.29, 0.717) is 27.6 Å². The summed E-state index contributed by atoms with van der Waals surface area (Å²) in [7, 11) is 0. The van der Waals surface area contributed by atoms with Gasteiger partial charge in [-0.3, -0.25) is 19.3 Å². The Hall–Kier alpha value is -3.85. The highest BCUT2D eigenvalue weighted by atomic mass is 16.2. The van der Waals surface area contributed by atoms with Crippen LogP contribution in [0.15, 0.2) is 52.4 Å². The van der Waals surface area contributed by atoms with Gasteiger partial charge in [-0.05, 0) is 50.2 Å². The Balaban J connectivity index is 1.66. The van der Waals surface area contributed by atoms with E-state index in [1.165, 1.54) is 6.20 Å². The quantitative estimate of drug-likeness (QED) is 0.381. The summed E-state index contributed by atoms with van der Waals surface area (Å²) >= 11 is 0. The maximum Gasteiger partial charge on any atom is 0.329 e. The fourth-order valence-electron chi connectivity index (χ4n) is 4.44. The van der Waals surface area contributed by atoms with Crippen molar-refractivity contribution in [3.05, 3.63) is 63.7 Å². The number of pyridine rings is 3. The van der Waals surface area contributed by atoms with Gasteiger partial charge in [0.15, 0.2) is 0 Å². The van der Waals surface area contributed by atoms with Crippen molar-refractivity contribution in [1.82, 2.24) is 34.8 Å². The maximum atomic E-state index is 12.9. The van der Waals surface area contributed by atoms with Crippen LogP contribution in [0.25, 0.3) is 44.2 Å². The van der Waals surface area contributed by atoms with Crippen LogP contribution in [0.4, 0.5) is 0 Å². The van der Waals surface area contributed by atoms with E-state index in [1.807, 2.05) is 30.5 Å². The SMILES string of the molecule is O=c1[nH]c(=O)n(C2CCNCC2)c2c1cnc1ccc(-c3cnc4[nH]ccc4c3)nc12. The first kappa shape index (κ1) is 18.0. The van der Waals surface area contributed by atoms with Crippen molar-refractivity contribution in [3.8, 4) is 11.3 Å². The summed E-state index contributed by atoms with van der Waals surface area (Å²) < 4.78 is 1.70. The zero-order chi connectivity index (χ0) is 20.9. The van der Waals surface area contributed by atoms with Gasteiger partial charge in [0.1, 0.15) is 11.2 Å². The summed E-state index contributed by atoms with van der Waals surface area (Å²) in [5.74, 6) is 0. The zero-order valence-corrected chi connectivity index (χ0v) is 16.6. The van der Waals surface area contributed by atoms with E-state index >= 15 is 0 Å². The zero-order valence-electron chi connectivity index (χ0n) is 16.6. The van der Waals surface area contributed by atoms with Gasteiger partial charge in [-0.2, -0.15) is 0 Å². The Bertz CT molecular complexity index is 1570. The van der Waals surface area contributed by atoms with Crippen LogP contribution in [0.2, 0.25) is 0 Å². The molecule has 9 heteroatoms. The lowest BCUT2D eigenvalue weighted by Gasteiger charge is -2.26. The Morgan fingerprint density at radius 3 is 2.77 bits per heavy atom. The lowest BCUT2D eigenvalue weighted by atomic mass is 10.1. The smallest absolute Gasteiger partial charge is 0.329 e. The Labute approximate surface area is 175 Å². The molecular formula is C22H19N7O2. The molecule has 5 aromatic heterocycles. The summed E-state index contributed by atoms with van der Waals surface area (Å²) in [6, 6.07) is 7.71. The van der Waals surface area contributed by atoms with Crippen molar-refractivity contribution >= 4 is 33.0 Å². The number of fused-ring (bicyclic) bond motifs is 4. The summed E-state index contributed by atoms with van der Waals surface area (Å²) in [5.41, 5.74) is 3.26. The van der Waals surface area contributed by atoms with Crippen LogP contribution in [0.1, 0.15) is 18.9 Å². The summed E-state index contributed by atoms with van der Waals surface area (Å²) in [6.45, 7) is 1.64. The fourth-order valence-corrected chi connectivity index (χ4v) is 4.44. The van der Waals surface area contributed by atoms with Crippen LogP contribution >= 0.6 is 0 Å². The third-order valence-electron chi connectivity index (χ3n) is 5.98. The van der Waals surface area contributed by atoms with Crippen molar-refractivity contribution in [1.29, 1.82) is 0 Å². The van der Waals surface area contributed by atoms with Crippen LogP contribution in [-0.4, -0.2) is 42.6 Å². The first-order chi connectivity index (χ1) is 15.2. The molecule has 0 unspecified atom stereocenters. The van der Waals surface area contributed by atoms with E-state index in [2.05, 4.69) is 25.3 Å². The normalized spacial score (nSPS) is 15.2. The molecule has 0 aromatic carbocycles. The van der Waals surface area contributed by atoms with E-state index in [4.69, 9.17) is 4.98 Å². The van der Waals surface area contributed by atoms with Gasteiger partial charge in [0.05, 0.1) is 22.1 Å². The minimum Gasteiger partial charge on any atom is -0.346 e. The van der Waals surface area contributed by atoms with Gasteiger partial charge in [0.2, 0.25) is 0 Å². The molecule has 5 aromatic rings. The highest BCUT2D eigenvalue weighted by molar-refractivity contribution is 6.01. The monoisotopic (exact) mass is 413 g/mol. The number of rotatable bonds is 2. The van der Waals surface area contributed by atoms with Crippen LogP contribution in [0.3, 0.4) is 0 Å². The van der Waals surface area contributed by atoms with Gasteiger partial charge >= 0.3 is 5.69 Å². The van der Waals surface area contributed by atoms with Crippen molar-refractivity contribution in [2.75, 3.05) is 13.1 Å². The second kappa shape index (κ2) is 6.85. The number of aromatic nitrogens is 6. The van der Waals surface area contributed by atoms with Crippen molar-refractivity contribution < 1.29 is 0 Å². The molecular weight excluding hydrogens is 394 g/mol. The highest BCUT2D eigenvalue weighted by Crippen LogP contribution is 2.28. The first-order valence-electron chi connectivity index (χ1n) is 10.3. The predicted molar refractivity (Wildman–Crippen MR) is 118 cm³/mol. The lowest BCUT2D eigenvalue weighted by molar-refractivity contribution is 0.365. The summed E-state index contributed by atoms with van der Waals surface area (Å²) in [4.78, 5) is 44.8. The minimum atomic E-state index is -0.442. The molecule has 0 atom stereocenters. The molecule has 0 bridgehead atoms. The van der Waals surface area contributed by atoms with E-state index in [1.54, 1.807) is 10.8 Å². The largest absolute Gasteiger partial charge is 0.346 e. The molecule has 1 saturated heterocycles. The van der Waals surface area contributed by atoms with Crippen molar-refractivity contribution in [2.45, 2.75) is 18.9 Å². The lowest BCUT2D eigenvalue weighted by Crippen LogP contribution is -2.38. The van der Waals surface area contributed by atoms with Crippen LogP contribution in [0, 0.1) is 0 Å². The molecule has 0 radical (unpaired) electrons. The number of nitrogens with one attached hydrogen (secondary N) is 3. The predicted octanol–water partition coefficient (Wildman–Crippen LogP) is 2.10. The Morgan fingerprint density at radius 1 is 1.03 bits per heavy atom. The average molecular weight is 413 g/mol. The number of hydrogen-bond donors (Lipinski definition) is 3. The van der Waals surface area contributed by atoms with Gasteiger partial charge in [-0.15, -0.1) is 0 Å². The first-order valence-corrected chi connectivity index (χ1v) is 10.3. The van der Waals surface area contributed by atoms with E-state index < -0.39 is 11.2 Å². The highest BCUT2D eigenvalue weighted by Gasteiger charge is 2.22. The fraction of sp³-hybridized carbons (Fsp3) is 0.227. The van der Waals surface area contributed by atoms with E-state index in [0.717, 1.165) is 42.5 Å². The van der Waals surface area contributed by atoms with Gasteiger partial charge in [-0.25, -0.2) is 14.8 Å². The molecule has 1 fully saturated rings. The molecule has 0 spiro atoms. The average Bonchev–Trinajstić information content (AvgIpc) is 3.27. The maximum absolute atomic E-state index is 12.9. The van der Waals surface area contributed by atoms with Gasteiger partial charge in [0.25, 0.3) is 5.56 Å². The third kappa shape index (κ3) is 2.85. The minimum absolute atomic E-state index is 0.0120. The second-order valence-electron chi connectivity index (χ2n) is 7.83. The van der Waals surface area contributed by atoms with Crippen LogP contribution in [0.5, 0.6) is 0 Å². The van der Waals surface area contributed by atoms with Gasteiger partial charge in [0, 0.05) is 35.6 Å². The molecule has 0 aliphatic carbocycles. The molecule has 6 rings (SSSR count). The molecule has 9 nitrogen and oxygen atoms in total. The topological polar surface area (TPSA) is 121 Å². The van der Waals surface area contributed by atoms with E-state index in [-0.39, 0.29) is 6.04 Å². The Morgan fingerprint density at radius 2 is 1.90 bits per heavy atom. The molecule has 3 N–H and O–H groups in total. The number of hydrogen-bond acceptors (Lipinski definition) is 6. The van der Waals surface area contributed by atoms with Crippen molar-refractivity contribution in [2.24, 2.45) is 0 Å². The third-order valence-corrected chi connectivity index (χ3v) is 5.98. The number of aromatic amines is 2. The summed E-state index contributed by atoms with van der Waals surface area (Å²) in [5, 5.41) is 4.67. The molecule has 6 heterocycles. The van der Waals surface area contributed by atoms with Gasteiger partial charge in [-0.1, -0.05) is 0 Å². The van der Waals surface area contributed by atoms with Crippen molar-refractivity contribution in [3.63, 3.8) is 0 Å². The Kier molecular flexibility index (Phi) is 3.97. The summed E-state index contributed by atoms with van der Waals surface area (Å²) in [6.07, 6.45) is 6.74. The van der Waals surface area contributed by atoms with Gasteiger partial charge < -0.3 is 10.3 Å². The van der Waals surface area contributed by atoms with Crippen LogP contribution in [-0.2, 0) is 0 Å². The molecule has 1 aliphatic heterocycles. The molecule has 31 heavy (non-hydrogen) atoms. The molecule has 0 amide bonds. The molecule has 0 saturated carbocycles.